The monoisotopic (exact) mass is 305 g/mol. The molecule has 0 saturated heterocycles. The van der Waals surface area contributed by atoms with Gasteiger partial charge in [0.1, 0.15) is 5.82 Å². The van der Waals surface area contributed by atoms with Crippen LogP contribution in [0.15, 0.2) is 22.7 Å². The number of benzene rings is 1. The molecule has 0 aliphatic rings. The molecule has 0 saturated carbocycles. The summed E-state index contributed by atoms with van der Waals surface area (Å²) in [6.45, 7) is 0.538. The molecule has 1 aromatic rings. The van der Waals surface area contributed by atoms with Gasteiger partial charge in [-0.05, 0) is 25.0 Å². The molecular weight excluding hydrogens is 289 g/mol. The van der Waals surface area contributed by atoms with Gasteiger partial charge in [-0.15, -0.1) is 0 Å². The van der Waals surface area contributed by atoms with Gasteiger partial charge < -0.3 is 15.6 Å². The third-order valence-electron chi connectivity index (χ3n) is 2.54. The van der Waals surface area contributed by atoms with Crippen LogP contribution in [0.25, 0.3) is 0 Å². The van der Waals surface area contributed by atoms with Crippen molar-refractivity contribution in [1.82, 2.24) is 0 Å². The first-order valence-corrected chi connectivity index (χ1v) is 6.21. The molecule has 2 unspecified atom stereocenters. The molecule has 0 heterocycles. The van der Waals surface area contributed by atoms with Crippen LogP contribution < -0.4 is 5.73 Å². The van der Waals surface area contributed by atoms with Crippen molar-refractivity contribution in [3.05, 3.63) is 34.1 Å². The molecule has 0 amide bonds. The summed E-state index contributed by atoms with van der Waals surface area (Å²) in [6.07, 6.45) is 0.0862. The van der Waals surface area contributed by atoms with Crippen LogP contribution in [-0.2, 0) is 4.74 Å². The first-order valence-electron chi connectivity index (χ1n) is 5.42. The molecule has 3 nitrogen and oxygen atoms in total. The molecule has 5 heteroatoms. The number of nitrogens with two attached hydrogens (primary N) is 1. The molecule has 2 atom stereocenters. The maximum Gasteiger partial charge on any atom is 0.130 e. The Morgan fingerprint density at radius 3 is 2.82 bits per heavy atom. The van der Waals surface area contributed by atoms with Gasteiger partial charge in [0.25, 0.3) is 0 Å². The molecule has 17 heavy (non-hydrogen) atoms. The topological polar surface area (TPSA) is 55.5 Å². The van der Waals surface area contributed by atoms with Crippen LogP contribution in [0.2, 0.25) is 0 Å². The van der Waals surface area contributed by atoms with Crippen molar-refractivity contribution in [2.75, 3.05) is 13.7 Å². The summed E-state index contributed by atoms with van der Waals surface area (Å²) < 4.78 is 19.1. The van der Waals surface area contributed by atoms with Crippen molar-refractivity contribution in [3.8, 4) is 0 Å². The minimum atomic E-state index is -0.880. The van der Waals surface area contributed by atoms with Crippen LogP contribution in [0, 0.1) is 5.82 Å². The second-order valence-corrected chi connectivity index (χ2v) is 4.87. The van der Waals surface area contributed by atoms with Gasteiger partial charge >= 0.3 is 0 Å². The number of hydrogen-bond donors (Lipinski definition) is 2. The number of ether oxygens (including phenoxy) is 1. The van der Waals surface area contributed by atoms with Crippen molar-refractivity contribution >= 4 is 15.9 Å². The maximum absolute atomic E-state index is 13.5. The minimum Gasteiger partial charge on any atom is -0.388 e. The summed E-state index contributed by atoms with van der Waals surface area (Å²) in [7, 11) is 1.59. The normalized spacial score (nSPS) is 14.6. The fraction of sp³-hybridized carbons (Fsp3) is 0.500. The van der Waals surface area contributed by atoms with E-state index in [4.69, 9.17) is 10.5 Å². The highest BCUT2D eigenvalue weighted by molar-refractivity contribution is 9.10. The van der Waals surface area contributed by atoms with E-state index in [0.29, 0.717) is 23.9 Å². The van der Waals surface area contributed by atoms with Gasteiger partial charge in [-0.25, -0.2) is 4.39 Å². The summed E-state index contributed by atoms with van der Waals surface area (Å²) >= 11 is 3.17. The molecule has 0 fully saturated rings. The van der Waals surface area contributed by atoms with Gasteiger partial charge in [0.15, 0.2) is 0 Å². The Kier molecular flexibility index (Phi) is 6.05. The lowest BCUT2D eigenvalue weighted by Gasteiger charge is -2.17. The third-order valence-corrected chi connectivity index (χ3v) is 3.03. The Hall–Kier alpha value is -0.490. The zero-order valence-corrected chi connectivity index (χ0v) is 11.3. The third kappa shape index (κ3) is 4.71. The number of aliphatic hydroxyl groups is 1. The van der Waals surface area contributed by atoms with Crippen LogP contribution >= 0.6 is 15.9 Å². The van der Waals surface area contributed by atoms with Crippen LogP contribution in [-0.4, -0.2) is 24.9 Å². The Labute approximate surface area is 109 Å². The maximum atomic E-state index is 13.5. The van der Waals surface area contributed by atoms with Gasteiger partial charge in [-0.2, -0.15) is 0 Å². The molecule has 0 bridgehead atoms. The first kappa shape index (κ1) is 14.6. The molecule has 1 aromatic carbocycles. The largest absolute Gasteiger partial charge is 0.388 e. The first-order chi connectivity index (χ1) is 8.04. The highest BCUT2D eigenvalue weighted by atomic mass is 79.9. The van der Waals surface area contributed by atoms with Crippen LogP contribution in [0.3, 0.4) is 0 Å². The molecule has 96 valence electrons. The molecule has 0 aliphatic carbocycles. The smallest absolute Gasteiger partial charge is 0.130 e. The number of halogens is 2. The average Bonchev–Trinajstić information content (AvgIpc) is 2.26. The zero-order chi connectivity index (χ0) is 12.8. The lowest BCUT2D eigenvalue weighted by Crippen LogP contribution is -2.24. The Balaban J connectivity index is 2.60. The standard InChI is InChI=1S/C12H17BrFNO2/c1-17-5-4-9(15)7-12(16)10-3-2-8(13)6-11(10)14/h2-3,6,9,12,16H,4-5,7,15H2,1H3. The van der Waals surface area contributed by atoms with Gasteiger partial charge in [0.2, 0.25) is 0 Å². The Morgan fingerprint density at radius 1 is 1.53 bits per heavy atom. The van der Waals surface area contributed by atoms with E-state index < -0.39 is 11.9 Å². The van der Waals surface area contributed by atoms with Gasteiger partial charge in [-0.3, -0.25) is 0 Å². The Morgan fingerprint density at radius 2 is 2.24 bits per heavy atom. The van der Waals surface area contributed by atoms with Crippen LogP contribution in [0.4, 0.5) is 4.39 Å². The average molecular weight is 306 g/mol. The molecule has 1 rings (SSSR count). The zero-order valence-electron chi connectivity index (χ0n) is 9.70. The summed E-state index contributed by atoms with van der Waals surface area (Å²) in [5.74, 6) is -0.425. The van der Waals surface area contributed by atoms with Crippen LogP contribution in [0.1, 0.15) is 24.5 Å². The van der Waals surface area contributed by atoms with E-state index in [1.54, 1.807) is 19.2 Å². The molecular formula is C12H17BrFNO2. The summed E-state index contributed by atoms with van der Waals surface area (Å²) in [6, 6.07) is 4.39. The predicted molar refractivity (Wildman–Crippen MR) is 68.1 cm³/mol. The van der Waals surface area contributed by atoms with Gasteiger partial charge in [0.05, 0.1) is 6.10 Å². The van der Waals surface area contributed by atoms with E-state index in [1.807, 2.05) is 0 Å². The second-order valence-electron chi connectivity index (χ2n) is 3.96. The highest BCUT2D eigenvalue weighted by Crippen LogP contribution is 2.24. The lowest BCUT2D eigenvalue weighted by atomic mass is 10.0. The molecule has 0 aromatic heterocycles. The lowest BCUT2D eigenvalue weighted by molar-refractivity contribution is 0.138. The van der Waals surface area contributed by atoms with E-state index >= 15 is 0 Å². The van der Waals surface area contributed by atoms with E-state index in [9.17, 15) is 9.50 Å². The van der Waals surface area contributed by atoms with E-state index in [-0.39, 0.29) is 11.6 Å². The van der Waals surface area contributed by atoms with E-state index in [2.05, 4.69) is 15.9 Å². The minimum absolute atomic E-state index is 0.201. The Bertz CT molecular complexity index is 362. The van der Waals surface area contributed by atoms with Gasteiger partial charge in [-0.1, -0.05) is 22.0 Å². The fourth-order valence-corrected chi connectivity index (χ4v) is 1.91. The second kappa shape index (κ2) is 7.06. The summed E-state index contributed by atoms with van der Waals surface area (Å²) in [5, 5.41) is 9.89. The molecule has 0 radical (unpaired) electrons. The van der Waals surface area contributed by atoms with Crippen molar-refractivity contribution in [3.63, 3.8) is 0 Å². The van der Waals surface area contributed by atoms with Gasteiger partial charge in [0, 0.05) is 29.8 Å². The van der Waals surface area contributed by atoms with E-state index in [1.165, 1.54) is 6.07 Å². The fourth-order valence-electron chi connectivity index (χ4n) is 1.57. The van der Waals surface area contributed by atoms with E-state index in [0.717, 1.165) is 0 Å². The molecule has 0 aliphatic heterocycles. The SMILES string of the molecule is COCCC(N)CC(O)c1ccc(Br)cc1F. The summed E-state index contributed by atoms with van der Waals surface area (Å²) in [5.41, 5.74) is 6.09. The van der Waals surface area contributed by atoms with Crippen molar-refractivity contribution in [2.24, 2.45) is 5.73 Å². The van der Waals surface area contributed by atoms with Crippen LogP contribution in [0.5, 0.6) is 0 Å². The van der Waals surface area contributed by atoms with Crippen molar-refractivity contribution in [2.45, 2.75) is 25.0 Å². The van der Waals surface area contributed by atoms with Crippen molar-refractivity contribution < 1.29 is 14.2 Å². The summed E-state index contributed by atoms with van der Waals surface area (Å²) in [4.78, 5) is 0. The quantitative estimate of drug-likeness (QED) is 0.848. The molecule has 0 spiro atoms. The molecule has 3 N–H and O–H groups in total. The number of methoxy groups -OCH3 is 1. The predicted octanol–water partition coefficient (Wildman–Crippen LogP) is 2.38. The van der Waals surface area contributed by atoms with Crippen molar-refractivity contribution in [1.29, 1.82) is 0 Å². The number of aliphatic hydroxyl groups excluding tert-OH is 1. The number of rotatable bonds is 6. The number of hydrogen-bond acceptors (Lipinski definition) is 3. The highest BCUT2D eigenvalue weighted by Gasteiger charge is 2.16.